The summed E-state index contributed by atoms with van der Waals surface area (Å²) in [6.07, 6.45) is -1.92. The number of aliphatic hydroxyl groups excluding tert-OH is 1. The molecule has 13 heavy (non-hydrogen) atoms. The molecule has 0 saturated carbocycles. The minimum Gasteiger partial charge on any atom is -0.374 e. The number of hydrogen-bond acceptors (Lipinski definition) is 2. The van der Waals surface area contributed by atoms with Gasteiger partial charge in [0.25, 0.3) is 0 Å². The number of halogens is 3. The van der Waals surface area contributed by atoms with Crippen LogP contribution in [0.5, 0.6) is 0 Å². The van der Waals surface area contributed by atoms with Gasteiger partial charge in [0, 0.05) is 12.1 Å². The summed E-state index contributed by atoms with van der Waals surface area (Å²) >= 11 is 0. The molecule has 5 heteroatoms. The molecule has 0 radical (unpaired) electrons. The Morgan fingerprint density at radius 1 is 1.23 bits per heavy atom. The second kappa shape index (κ2) is 3.46. The third kappa shape index (κ3) is 1.79. The molecule has 0 bridgehead atoms. The lowest BCUT2D eigenvalue weighted by Gasteiger charge is -2.04. The van der Waals surface area contributed by atoms with Gasteiger partial charge in [-0.2, -0.15) is 5.26 Å². The van der Waals surface area contributed by atoms with Crippen molar-refractivity contribution in [2.24, 2.45) is 0 Å². The van der Waals surface area contributed by atoms with E-state index in [1.54, 1.807) is 0 Å². The van der Waals surface area contributed by atoms with Crippen LogP contribution in [0.4, 0.5) is 13.2 Å². The quantitative estimate of drug-likeness (QED) is 0.679. The molecule has 0 aromatic heterocycles. The van der Waals surface area contributed by atoms with Crippen LogP contribution in [0.25, 0.3) is 0 Å². The van der Waals surface area contributed by atoms with E-state index in [9.17, 15) is 13.2 Å². The third-order valence-electron chi connectivity index (χ3n) is 1.44. The van der Waals surface area contributed by atoms with Crippen molar-refractivity contribution in [3.05, 3.63) is 35.1 Å². The van der Waals surface area contributed by atoms with Crippen LogP contribution in [-0.4, -0.2) is 5.11 Å². The summed E-state index contributed by atoms with van der Waals surface area (Å²) in [6, 6.07) is 2.04. The van der Waals surface area contributed by atoms with Gasteiger partial charge in [0.05, 0.1) is 11.6 Å². The normalized spacial score (nSPS) is 12.2. The average molecular weight is 187 g/mol. The summed E-state index contributed by atoms with van der Waals surface area (Å²) in [6.45, 7) is 0. The Labute approximate surface area is 71.8 Å². The monoisotopic (exact) mass is 187 g/mol. The van der Waals surface area contributed by atoms with Crippen LogP contribution >= 0.6 is 0 Å². The van der Waals surface area contributed by atoms with Crippen LogP contribution in [0.3, 0.4) is 0 Å². The van der Waals surface area contributed by atoms with Crippen molar-refractivity contribution in [3.63, 3.8) is 0 Å². The molecule has 0 aliphatic heterocycles. The molecule has 0 amide bonds. The molecule has 1 aromatic rings. The Balaban J connectivity index is 3.30. The van der Waals surface area contributed by atoms with Gasteiger partial charge in [0.15, 0.2) is 6.10 Å². The summed E-state index contributed by atoms with van der Waals surface area (Å²) in [5.74, 6) is -3.64. The van der Waals surface area contributed by atoms with Gasteiger partial charge >= 0.3 is 0 Å². The van der Waals surface area contributed by atoms with Crippen LogP contribution in [0.15, 0.2) is 12.1 Å². The number of nitriles is 1. The van der Waals surface area contributed by atoms with E-state index < -0.39 is 29.1 Å². The highest BCUT2D eigenvalue weighted by Gasteiger charge is 2.18. The van der Waals surface area contributed by atoms with Crippen LogP contribution in [0, 0.1) is 28.8 Å². The molecule has 1 aromatic carbocycles. The van der Waals surface area contributed by atoms with Crippen molar-refractivity contribution >= 4 is 0 Å². The maximum absolute atomic E-state index is 12.8. The Hall–Kier alpha value is -1.54. The predicted octanol–water partition coefficient (Wildman–Crippen LogP) is 1.66. The first-order valence-corrected chi connectivity index (χ1v) is 3.28. The third-order valence-corrected chi connectivity index (χ3v) is 1.44. The number of rotatable bonds is 1. The van der Waals surface area contributed by atoms with E-state index >= 15 is 0 Å². The van der Waals surface area contributed by atoms with E-state index in [2.05, 4.69) is 0 Å². The second-order valence-corrected chi connectivity index (χ2v) is 2.31. The predicted molar refractivity (Wildman–Crippen MR) is 36.9 cm³/mol. The molecule has 1 rings (SSSR count). The van der Waals surface area contributed by atoms with Crippen molar-refractivity contribution in [1.82, 2.24) is 0 Å². The van der Waals surface area contributed by atoms with E-state index in [-0.39, 0.29) is 0 Å². The zero-order chi connectivity index (χ0) is 10.0. The Bertz CT molecular complexity index is 349. The standard InChI is InChI=1S/C8H4F3NO/c9-4-1-5(10)8(6(11)2-4)7(13)3-12/h1-2,7,13H. The van der Waals surface area contributed by atoms with Crippen molar-refractivity contribution in [2.75, 3.05) is 0 Å². The first kappa shape index (κ1) is 9.55. The molecule has 1 N–H and O–H groups in total. The summed E-state index contributed by atoms with van der Waals surface area (Å²) in [5, 5.41) is 17.0. The van der Waals surface area contributed by atoms with E-state index in [0.29, 0.717) is 12.1 Å². The van der Waals surface area contributed by atoms with Gasteiger partial charge in [-0.15, -0.1) is 0 Å². The SMILES string of the molecule is N#CC(O)c1c(F)cc(F)cc1F. The summed E-state index contributed by atoms with van der Waals surface area (Å²) in [4.78, 5) is 0. The maximum Gasteiger partial charge on any atom is 0.171 e. The summed E-state index contributed by atoms with van der Waals surface area (Å²) in [5.41, 5.74) is -0.830. The highest BCUT2D eigenvalue weighted by Crippen LogP contribution is 2.21. The smallest absolute Gasteiger partial charge is 0.171 e. The van der Waals surface area contributed by atoms with Crippen molar-refractivity contribution < 1.29 is 18.3 Å². The highest BCUT2D eigenvalue weighted by molar-refractivity contribution is 5.26. The number of aliphatic hydroxyl groups is 1. The van der Waals surface area contributed by atoms with E-state index in [4.69, 9.17) is 10.4 Å². The van der Waals surface area contributed by atoms with Gasteiger partial charge < -0.3 is 5.11 Å². The van der Waals surface area contributed by atoms with Crippen molar-refractivity contribution in [3.8, 4) is 6.07 Å². The Morgan fingerprint density at radius 2 is 1.69 bits per heavy atom. The molecule has 0 saturated heterocycles. The fraction of sp³-hybridized carbons (Fsp3) is 0.125. The number of nitrogens with zero attached hydrogens (tertiary/aromatic N) is 1. The molecule has 68 valence electrons. The highest BCUT2D eigenvalue weighted by atomic mass is 19.1. The fourth-order valence-corrected chi connectivity index (χ4v) is 0.879. The lowest BCUT2D eigenvalue weighted by Crippen LogP contribution is -2.02. The van der Waals surface area contributed by atoms with Gasteiger partial charge in [0.2, 0.25) is 0 Å². The molecule has 0 spiro atoms. The lowest BCUT2D eigenvalue weighted by atomic mass is 10.1. The van der Waals surface area contributed by atoms with E-state index in [0.717, 1.165) is 0 Å². The van der Waals surface area contributed by atoms with Crippen molar-refractivity contribution in [2.45, 2.75) is 6.10 Å². The molecule has 1 unspecified atom stereocenters. The molecular formula is C8H4F3NO. The van der Waals surface area contributed by atoms with E-state index in [1.165, 1.54) is 6.07 Å². The van der Waals surface area contributed by atoms with Crippen LogP contribution in [0.1, 0.15) is 11.7 Å². The number of hydrogen-bond donors (Lipinski definition) is 1. The van der Waals surface area contributed by atoms with Gasteiger partial charge in [0.1, 0.15) is 17.5 Å². The fourth-order valence-electron chi connectivity index (χ4n) is 0.879. The minimum absolute atomic E-state index is 0.402. The maximum atomic E-state index is 12.8. The first-order chi connectivity index (χ1) is 6.06. The average Bonchev–Trinajstić information content (AvgIpc) is 2.02. The minimum atomic E-state index is -1.92. The lowest BCUT2D eigenvalue weighted by molar-refractivity contribution is 0.223. The van der Waals surface area contributed by atoms with Crippen LogP contribution in [0.2, 0.25) is 0 Å². The Kier molecular flexibility index (Phi) is 2.54. The van der Waals surface area contributed by atoms with Gasteiger partial charge in [-0.05, 0) is 0 Å². The molecule has 0 aliphatic carbocycles. The molecule has 0 fully saturated rings. The molecular weight excluding hydrogens is 183 g/mol. The van der Waals surface area contributed by atoms with E-state index in [1.807, 2.05) is 0 Å². The van der Waals surface area contributed by atoms with Crippen LogP contribution < -0.4 is 0 Å². The topological polar surface area (TPSA) is 44.0 Å². The molecule has 0 aliphatic rings. The van der Waals surface area contributed by atoms with Gasteiger partial charge in [-0.25, -0.2) is 13.2 Å². The second-order valence-electron chi connectivity index (χ2n) is 2.31. The zero-order valence-electron chi connectivity index (χ0n) is 6.26. The molecule has 0 heterocycles. The Morgan fingerprint density at radius 3 is 2.08 bits per heavy atom. The van der Waals surface area contributed by atoms with Gasteiger partial charge in [-0.3, -0.25) is 0 Å². The molecule has 1 atom stereocenters. The van der Waals surface area contributed by atoms with Crippen LogP contribution in [-0.2, 0) is 0 Å². The summed E-state index contributed by atoms with van der Waals surface area (Å²) < 4.78 is 37.8. The molecule has 2 nitrogen and oxygen atoms in total. The number of benzene rings is 1. The van der Waals surface area contributed by atoms with Gasteiger partial charge in [-0.1, -0.05) is 0 Å². The largest absolute Gasteiger partial charge is 0.374 e. The first-order valence-electron chi connectivity index (χ1n) is 3.28. The summed E-state index contributed by atoms with van der Waals surface area (Å²) in [7, 11) is 0. The van der Waals surface area contributed by atoms with Crippen molar-refractivity contribution in [1.29, 1.82) is 5.26 Å². The zero-order valence-corrected chi connectivity index (χ0v) is 6.26.